The number of hydrogen-bond donors (Lipinski definition) is 1. The van der Waals surface area contributed by atoms with Crippen LogP contribution in [0.25, 0.3) is 0 Å². The van der Waals surface area contributed by atoms with Gasteiger partial charge in [-0.1, -0.05) is 0 Å². The van der Waals surface area contributed by atoms with E-state index in [9.17, 15) is 13.6 Å². The van der Waals surface area contributed by atoms with Gasteiger partial charge < -0.3 is 10.2 Å². The number of halogens is 2. The molecule has 3 rings (SSSR count). The van der Waals surface area contributed by atoms with Crippen molar-refractivity contribution in [3.63, 3.8) is 0 Å². The summed E-state index contributed by atoms with van der Waals surface area (Å²) in [5, 5.41) is 7.46. The predicted molar refractivity (Wildman–Crippen MR) is 101 cm³/mol. The molecule has 27 heavy (non-hydrogen) atoms. The van der Waals surface area contributed by atoms with Crippen LogP contribution in [0.5, 0.6) is 0 Å². The van der Waals surface area contributed by atoms with Crippen molar-refractivity contribution < 1.29 is 13.6 Å². The molecule has 0 aliphatic carbocycles. The van der Waals surface area contributed by atoms with E-state index in [0.717, 1.165) is 49.1 Å². The molecule has 1 N–H and O–H groups in total. The molecule has 0 saturated carbocycles. The largest absolute Gasteiger partial charge is 0.371 e. The number of rotatable bonds is 6. The molecule has 7 heteroatoms. The average molecular weight is 376 g/mol. The van der Waals surface area contributed by atoms with Crippen molar-refractivity contribution in [3.05, 3.63) is 46.8 Å². The minimum absolute atomic E-state index is 0.0110. The minimum atomic E-state index is -0.834. The fraction of sp³-hybridized carbons (Fsp3) is 0.500. The normalized spacial score (nSPS) is 16.8. The van der Waals surface area contributed by atoms with Gasteiger partial charge in [-0.2, -0.15) is 5.10 Å². The number of amides is 1. The molecule has 1 unspecified atom stereocenters. The second kappa shape index (κ2) is 8.06. The van der Waals surface area contributed by atoms with Crippen LogP contribution in [0.3, 0.4) is 0 Å². The van der Waals surface area contributed by atoms with Gasteiger partial charge in [0, 0.05) is 49.2 Å². The lowest BCUT2D eigenvalue weighted by Gasteiger charge is -2.19. The van der Waals surface area contributed by atoms with Crippen molar-refractivity contribution in [3.8, 4) is 0 Å². The van der Waals surface area contributed by atoms with Crippen molar-refractivity contribution in [2.75, 3.05) is 24.5 Å². The van der Waals surface area contributed by atoms with Crippen LogP contribution in [0, 0.1) is 31.4 Å². The molecule has 0 spiro atoms. The van der Waals surface area contributed by atoms with Crippen LogP contribution in [0.4, 0.5) is 14.5 Å². The van der Waals surface area contributed by atoms with Crippen molar-refractivity contribution in [1.29, 1.82) is 0 Å². The number of carbonyl (C=O) groups is 1. The molecule has 1 aromatic heterocycles. The van der Waals surface area contributed by atoms with Crippen molar-refractivity contribution in [2.45, 2.75) is 40.2 Å². The van der Waals surface area contributed by atoms with Gasteiger partial charge in [-0.25, -0.2) is 8.78 Å². The van der Waals surface area contributed by atoms with Crippen LogP contribution in [0.1, 0.15) is 30.3 Å². The van der Waals surface area contributed by atoms with E-state index in [1.807, 2.05) is 30.4 Å². The second-order valence-corrected chi connectivity index (χ2v) is 7.15. The molecule has 1 atom stereocenters. The summed E-state index contributed by atoms with van der Waals surface area (Å²) in [5.41, 5.74) is 3.61. The number of hydrogen-bond acceptors (Lipinski definition) is 3. The van der Waals surface area contributed by atoms with Crippen molar-refractivity contribution in [2.24, 2.45) is 5.92 Å². The summed E-state index contributed by atoms with van der Waals surface area (Å²) in [6, 6.07) is 3.98. The Hall–Kier alpha value is -2.44. The quantitative estimate of drug-likeness (QED) is 0.843. The SMILES string of the molecule is CCn1nc(C)c(CC(=O)NCC2CCN(c3ccc(F)c(F)c3)C2)c1C. The zero-order valence-electron chi connectivity index (χ0n) is 16.1. The molecular weight excluding hydrogens is 350 g/mol. The zero-order chi connectivity index (χ0) is 19.6. The third-order valence-electron chi connectivity index (χ3n) is 5.31. The number of nitrogens with one attached hydrogen (secondary N) is 1. The smallest absolute Gasteiger partial charge is 0.224 e. The van der Waals surface area contributed by atoms with Gasteiger partial charge in [0.05, 0.1) is 12.1 Å². The molecule has 0 bridgehead atoms. The Kier molecular flexibility index (Phi) is 5.77. The highest BCUT2D eigenvalue weighted by molar-refractivity contribution is 5.79. The Bertz CT molecular complexity index is 834. The molecule has 0 radical (unpaired) electrons. The molecule has 1 aliphatic rings. The second-order valence-electron chi connectivity index (χ2n) is 7.15. The van der Waals surface area contributed by atoms with E-state index in [0.29, 0.717) is 24.6 Å². The fourth-order valence-corrected chi connectivity index (χ4v) is 3.69. The summed E-state index contributed by atoms with van der Waals surface area (Å²) in [5.74, 6) is -1.38. The number of nitrogens with zero attached hydrogens (tertiary/aromatic N) is 3. The third-order valence-corrected chi connectivity index (χ3v) is 5.31. The Labute approximate surface area is 158 Å². The maximum Gasteiger partial charge on any atom is 0.224 e. The van der Waals surface area contributed by atoms with Crippen LogP contribution >= 0.6 is 0 Å². The standard InChI is InChI=1S/C20H26F2N4O/c1-4-26-14(3)17(13(2)24-26)10-20(27)23-11-15-7-8-25(12-15)16-5-6-18(21)19(22)9-16/h5-6,9,15H,4,7-8,10-12H2,1-3H3,(H,23,27). The lowest BCUT2D eigenvalue weighted by Crippen LogP contribution is -2.32. The summed E-state index contributed by atoms with van der Waals surface area (Å²) in [7, 11) is 0. The topological polar surface area (TPSA) is 50.2 Å². The van der Waals surface area contributed by atoms with Crippen LogP contribution < -0.4 is 10.2 Å². The van der Waals surface area contributed by atoms with Crippen molar-refractivity contribution in [1.82, 2.24) is 15.1 Å². The van der Waals surface area contributed by atoms with Crippen LogP contribution in [-0.2, 0) is 17.8 Å². The Morgan fingerprint density at radius 3 is 2.74 bits per heavy atom. The van der Waals surface area contributed by atoms with Gasteiger partial charge in [0.15, 0.2) is 11.6 Å². The van der Waals surface area contributed by atoms with E-state index in [1.165, 1.54) is 6.07 Å². The van der Waals surface area contributed by atoms with E-state index in [4.69, 9.17) is 0 Å². The first-order valence-electron chi connectivity index (χ1n) is 9.38. The van der Waals surface area contributed by atoms with E-state index >= 15 is 0 Å². The van der Waals surface area contributed by atoms with Gasteiger partial charge >= 0.3 is 0 Å². The van der Waals surface area contributed by atoms with E-state index in [2.05, 4.69) is 10.4 Å². The van der Waals surface area contributed by atoms with Gasteiger partial charge in [-0.3, -0.25) is 9.48 Å². The molecule has 2 aromatic rings. The molecule has 1 aliphatic heterocycles. The van der Waals surface area contributed by atoms with Crippen molar-refractivity contribution >= 4 is 11.6 Å². The molecule has 5 nitrogen and oxygen atoms in total. The molecule has 1 amide bonds. The number of benzene rings is 1. The predicted octanol–water partition coefficient (Wildman–Crippen LogP) is 2.98. The highest BCUT2D eigenvalue weighted by Gasteiger charge is 2.24. The van der Waals surface area contributed by atoms with Gasteiger partial charge in [0.1, 0.15) is 0 Å². The lowest BCUT2D eigenvalue weighted by atomic mass is 10.1. The van der Waals surface area contributed by atoms with Crippen LogP contribution in [0.2, 0.25) is 0 Å². The number of aryl methyl sites for hydroxylation is 2. The van der Waals surface area contributed by atoms with E-state index in [-0.39, 0.29) is 5.91 Å². The van der Waals surface area contributed by atoms with Gasteiger partial charge in [-0.05, 0) is 45.2 Å². The van der Waals surface area contributed by atoms with Gasteiger partial charge in [0.2, 0.25) is 5.91 Å². The molecule has 2 heterocycles. The highest BCUT2D eigenvalue weighted by Crippen LogP contribution is 2.25. The Morgan fingerprint density at radius 2 is 2.07 bits per heavy atom. The summed E-state index contributed by atoms with van der Waals surface area (Å²) in [6.07, 6.45) is 1.24. The Morgan fingerprint density at radius 1 is 1.30 bits per heavy atom. The molecule has 146 valence electrons. The number of carbonyl (C=O) groups excluding carboxylic acids is 1. The summed E-state index contributed by atoms with van der Waals surface area (Å²) in [4.78, 5) is 14.4. The fourth-order valence-electron chi connectivity index (χ4n) is 3.69. The maximum atomic E-state index is 13.4. The average Bonchev–Trinajstić information content (AvgIpc) is 3.22. The first-order chi connectivity index (χ1) is 12.9. The lowest BCUT2D eigenvalue weighted by molar-refractivity contribution is -0.120. The molecular formula is C20H26F2N4O. The first kappa shape index (κ1) is 19.3. The number of anilines is 1. The highest BCUT2D eigenvalue weighted by atomic mass is 19.2. The summed E-state index contributed by atoms with van der Waals surface area (Å²) < 4.78 is 28.4. The maximum absolute atomic E-state index is 13.4. The van der Waals surface area contributed by atoms with Crippen LogP contribution in [-0.4, -0.2) is 35.3 Å². The first-order valence-corrected chi connectivity index (χ1v) is 9.38. The zero-order valence-corrected chi connectivity index (χ0v) is 16.1. The summed E-state index contributed by atoms with van der Waals surface area (Å²) in [6.45, 7) is 8.81. The monoisotopic (exact) mass is 376 g/mol. The number of aromatic nitrogens is 2. The van der Waals surface area contributed by atoms with Crippen LogP contribution in [0.15, 0.2) is 18.2 Å². The third kappa shape index (κ3) is 4.28. The minimum Gasteiger partial charge on any atom is -0.371 e. The van der Waals surface area contributed by atoms with Gasteiger partial charge in [-0.15, -0.1) is 0 Å². The Balaban J connectivity index is 1.51. The van der Waals surface area contributed by atoms with Gasteiger partial charge in [0.25, 0.3) is 0 Å². The van der Waals surface area contributed by atoms with E-state index < -0.39 is 11.6 Å². The molecule has 1 aromatic carbocycles. The molecule has 1 fully saturated rings. The van der Waals surface area contributed by atoms with E-state index in [1.54, 1.807) is 6.07 Å². The molecule has 1 saturated heterocycles. The summed E-state index contributed by atoms with van der Waals surface area (Å²) >= 11 is 0.